The molecule has 1 saturated carbocycles. The molecule has 1 N–H and O–H groups in total. The average Bonchev–Trinajstić information content (AvgIpc) is 3.40. The molecule has 0 atom stereocenters. The maximum atomic E-state index is 5.71. The second-order valence-electron chi connectivity index (χ2n) is 5.96. The van der Waals surface area contributed by atoms with Gasteiger partial charge in [0.15, 0.2) is 5.96 Å². The first-order chi connectivity index (χ1) is 11.2. The summed E-state index contributed by atoms with van der Waals surface area (Å²) in [6.07, 6.45) is 2.67. The maximum Gasteiger partial charge on any atom is 0.194 e. The predicted molar refractivity (Wildman–Crippen MR) is 94.0 cm³/mol. The zero-order valence-corrected chi connectivity index (χ0v) is 14.5. The van der Waals surface area contributed by atoms with Crippen LogP contribution in [-0.2, 0) is 11.3 Å². The van der Waals surface area contributed by atoms with Crippen molar-refractivity contribution in [3.05, 3.63) is 29.8 Å². The summed E-state index contributed by atoms with van der Waals surface area (Å²) in [4.78, 5) is 6.83. The standard InChI is InChI=1S/C18H29N3O2/c1-4-19-18(21(2)11-12-23-14-16-5-6-16)20-13-15-7-9-17(22-3)10-8-15/h7-10,16H,4-6,11-14H2,1-3H3,(H,19,20). The number of benzene rings is 1. The first-order valence-electron chi connectivity index (χ1n) is 8.43. The molecule has 128 valence electrons. The summed E-state index contributed by atoms with van der Waals surface area (Å²) in [6, 6.07) is 8.02. The van der Waals surface area contributed by atoms with Crippen LogP contribution in [0.15, 0.2) is 29.3 Å². The lowest BCUT2D eigenvalue weighted by Crippen LogP contribution is -2.40. The Kier molecular flexibility index (Phi) is 7.20. The highest BCUT2D eigenvalue weighted by atomic mass is 16.5. The van der Waals surface area contributed by atoms with Crippen molar-refractivity contribution in [2.24, 2.45) is 10.9 Å². The number of guanidine groups is 1. The van der Waals surface area contributed by atoms with Gasteiger partial charge in [0.05, 0.1) is 20.3 Å². The van der Waals surface area contributed by atoms with Crippen molar-refractivity contribution < 1.29 is 9.47 Å². The van der Waals surface area contributed by atoms with Crippen molar-refractivity contribution in [1.82, 2.24) is 10.2 Å². The predicted octanol–water partition coefficient (Wildman–Crippen LogP) is 2.52. The molecule has 0 bridgehead atoms. The molecule has 1 aliphatic rings. The largest absolute Gasteiger partial charge is 0.497 e. The lowest BCUT2D eigenvalue weighted by Gasteiger charge is -2.22. The van der Waals surface area contributed by atoms with E-state index in [0.717, 1.165) is 43.9 Å². The molecular formula is C18H29N3O2. The van der Waals surface area contributed by atoms with Crippen LogP contribution >= 0.6 is 0 Å². The quantitative estimate of drug-likeness (QED) is 0.432. The molecule has 5 heteroatoms. The van der Waals surface area contributed by atoms with E-state index in [4.69, 9.17) is 14.5 Å². The molecule has 0 spiro atoms. The zero-order chi connectivity index (χ0) is 16.5. The zero-order valence-electron chi connectivity index (χ0n) is 14.5. The molecule has 23 heavy (non-hydrogen) atoms. The minimum atomic E-state index is 0.652. The molecule has 5 nitrogen and oxygen atoms in total. The summed E-state index contributed by atoms with van der Waals surface area (Å²) < 4.78 is 10.9. The van der Waals surface area contributed by atoms with Crippen molar-refractivity contribution in [1.29, 1.82) is 0 Å². The van der Waals surface area contributed by atoms with Gasteiger partial charge in [-0.05, 0) is 43.4 Å². The lowest BCUT2D eigenvalue weighted by molar-refractivity contribution is 0.115. The van der Waals surface area contributed by atoms with Gasteiger partial charge in [-0.2, -0.15) is 0 Å². The molecule has 0 aromatic heterocycles. The van der Waals surface area contributed by atoms with Crippen LogP contribution in [0.3, 0.4) is 0 Å². The fourth-order valence-electron chi connectivity index (χ4n) is 2.21. The fourth-order valence-corrected chi connectivity index (χ4v) is 2.21. The van der Waals surface area contributed by atoms with Crippen molar-refractivity contribution >= 4 is 5.96 Å². The van der Waals surface area contributed by atoms with E-state index in [1.807, 2.05) is 24.3 Å². The van der Waals surface area contributed by atoms with Crippen molar-refractivity contribution in [3.63, 3.8) is 0 Å². The Morgan fingerprint density at radius 3 is 2.65 bits per heavy atom. The van der Waals surface area contributed by atoms with Gasteiger partial charge in [0.1, 0.15) is 5.75 Å². The van der Waals surface area contributed by atoms with E-state index in [1.54, 1.807) is 7.11 Å². The normalized spacial score (nSPS) is 14.7. The van der Waals surface area contributed by atoms with Crippen molar-refractivity contribution in [2.75, 3.05) is 40.5 Å². The Balaban J connectivity index is 1.81. The summed E-state index contributed by atoms with van der Waals surface area (Å²) >= 11 is 0. The van der Waals surface area contributed by atoms with Crippen LogP contribution in [0.4, 0.5) is 0 Å². The molecule has 0 amide bonds. The topological polar surface area (TPSA) is 46.1 Å². The number of likely N-dealkylation sites (N-methyl/N-ethyl adjacent to an activating group) is 1. The molecule has 1 aromatic rings. The summed E-state index contributed by atoms with van der Waals surface area (Å²) in [5.41, 5.74) is 1.17. The van der Waals surface area contributed by atoms with Crippen LogP contribution in [0, 0.1) is 5.92 Å². The number of methoxy groups -OCH3 is 1. The Morgan fingerprint density at radius 1 is 1.30 bits per heavy atom. The molecule has 0 radical (unpaired) electrons. The second kappa shape index (κ2) is 9.40. The summed E-state index contributed by atoms with van der Waals surface area (Å²) in [7, 11) is 3.73. The van der Waals surface area contributed by atoms with Gasteiger partial charge < -0.3 is 19.7 Å². The highest BCUT2D eigenvalue weighted by Crippen LogP contribution is 2.28. The van der Waals surface area contributed by atoms with Gasteiger partial charge in [0.2, 0.25) is 0 Å². The van der Waals surface area contributed by atoms with Crippen LogP contribution in [-0.4, -0.2) is 51.3 Å². The van der Waals surface area contributed by atoms with Crippen molar-refractivity contribution in [2.45, 2.75) is 26.3 Å². The summed E-state index contributed by atoms with van der Waals surface area (Å²) in [5, 5.41) is 3.33. The summed E-state index contributed by atoms with van der Waals surface area (Å²) in [5.74, 6) is 2.60. The average molecular weight is 319 g/mol. The van der Waals surface area contributed by atoms with Crippen LogP contribution < -0.4 is 10.1 Å². The molecule has 2 rings (SSSR count). The van der Waals surface area contributed by atoms with Crippen LogP contribution in [0.1, 0.15) is 25.3 Å². The lowest BCUT2D eigenvalue weighted by atomic mass is 10.2. The van der Waals surface area contributed by atoms with Gasteiger partial charge in [0, 0.05) is 26.7 Å². The van der Waals surface area contributed by atoms with Gasteiger partial charge in [-0.3, -0.25) is 0 Å². The SMILES string of the molecule is CCNC(=NCc1ccc(OC)cc1)N(C)CCOCC1CC1. The third-order valence-corrected chi connectivity index (χ3v) is 3.89. The Bertz CT molecular complexity index is 484. The highest BCUT2D eigenvalue weighted by Gasteiger charge is 2.21. The number of hydrogen-bond donors (Lipinski definition) is 1. The fraction of sp³-hybridized carbons (Fsp3) is 0.611. The molecule has 1 aromatic carbocycles. The van der Waals surface area contributed by atoms with Crippen LogP contribution in [0.25, 0.3) is 0 Å². The smallest absolute Gasteiger partial charge is 0.194 e. The minimum absolute atomic E-state index is 0.652. The van der Waals surface area contributed by atoms with E-state index in [9.17, 15) is 0 Å². The summed E-state index contributed by atoms with van der Waals surface area (Å²) in [6.45, 7) is 6.10. The number of aliphatic imine (C=N–C) groups is 1. The van der Waals surface area contributed by atoms with Crippen LogP contribution in [0.5, 0.6) is 5.75 Å². The van der Waals surface area contributed by atoms with Gasteiger partial charge in [0.25, 0.3) is 0 Å². The minimum Gasteiger partial charge on any atom is -0.497 e. The first-order valence-corrected chi connectivity index (χ1v) is 8.43. The van der Waals surface area contributed by atoms with E-state index in [2.05, 4.69) is 24.2 Å². The van der Waals surface area contributed by atoms with Gasteiger partial charge in [-0.25, -0.2) is 4.99 Å². The molecule has 0 unspecified atom stereocenters. The Hall–Kier alpha value is -1.75. The van der Waals surface area contributed by atoms with Crippen molar-refractivity contribution in [3.8, 4) is 5.75 Å². The maximum absolute atomic E-state index is 5.71. The monoisotopic (exact) mass is 319 g/mol. The highest BCUT2D eigenvalue weighted by molar-refractivity contribution is 5.79. The van der Waals surface area contributed by atoms with Gasteiger partial charge >= 0.3 is 0 Å². The van der Waals surface area contributed by atoms with Crippen LogP contribution in [0.2, 0.25) is 0 Å². The molecule has 1 fully saturated rings. The number of hydrogen-bond acceptors (Lipinski definition) is 3. The molecule has 1 aliphatic carbocycles. The number of nitrogens with one attached hydrogen (secondary N) is 1. The third kappa shape index (κ3) is 6.48. The van der Waals surface area contributed by atoms with Gasteiger partial charge in [-0.15, -0.1) is 0 Å². The van der Waals surface area contributed by atoms with E-state index in [-0.39, 0.29) is 0 Å². The Labute approximate surface area is 139 Å². The molecular weight excluding hydrogens is 290 g/mol. The molecule has 0 saturated heterocycles. The molecule has 0 aliphatic heterocycles. The second-order valence-corrected chi connectivity index (χ2v) is 5.96. The van der Waals surface area contributed by atoms with E-state index >= 15 is 0 Å². The number of rotatable bonds is 9. The van der Waals surface area contributed by atoms with E-state index < -0.39 is 0 Å². The first kappa shape index (κ1) is 17.6. The molecule has 0 heterocycles. The Morgan fingerprint density at radius 2 is 2.04 bits per heavy atom. The van der Waals surface area contributed by atoms with E-state index in [0.29, 0.717) is 6.54 Å². The third-order valence-electron chi connectivity index (χ3n) is 3.89. The number of ether oxygens (including phenoxy) is 2. The van der Waals surface area contributed by atoms with Gasteiger partial charge in [-0.1, -0.05) is 12.1 Å². The van der Waals surface area contributed by atoms with E-state index in [1.165, 1.54) is 18.4 Å². The number of nitrogens with zero attached hydrogens (tertiary/aromatic N) is 2.